The Morgan fingerprint density at radius 3 is 2.90 bits per heavy atom. The summed E-state index contributed by atoms with van der Waals surface area (Å²) in [6.45, 7) is 0.243. The zero-order chi connectivity index (χ0) is 7.56. The summed E-state index contributed by atoms with van der Waals surface area (Å²) in [5.74, 6) is 0. The lowest BCUT2D eigenvalue weighted by Gasteiger charge is -2.02. The Morgan fingerprint density at radius 1 is 1.80 bits per heavy atom. The number of aliphatic hydroxyl groups excluding tert-OH is 1. The van der Waals surface area contributed by atoms with E-state index in [4.69, 9.17) is 22.4 Å². The summed E-state index contributed by atoms with van der Waals surface area (Å²) >= 11 is 7.03. The monoisotopic (exact) mass is 177 g/mol. The molecule has 0 saturated heterocycles. The van der Waals surface area contributed by atoms with E-state index in [1.165, 1.54) is 11.3 Å². The van der Waals surface area contributed by atoms with Crippen LogP contribution < -0.4 is 5.73 Å². The fraction of sp³-hybridized carbons (Fsp3) is 0.333. The molecule has 0 aromatic carbocycles. The average molecular weight is 178 g/mol. The van der Waals surface area contributed by atoms with Gasteiger partial charge in [-0.2, -0.15) is 0 Å². The number of rotatable bonds is 2. The van der Waals surface area contributed by atoms with Crippen LogP contribution in [0.2, 0.25) is 4.34 Å². The summed E-state index contributed by atoms with van der Waals surface area (Å²) in [5.41, 5.74) is 6.03. The highest BCUT2D eigenvalue weighted by molar-refractivity contribution is 7.14. The van der Waals surface area contributed by atoms with Gasteiger partial charge in [0, 0.05) is 6.54 Å². The Hall–Kier alpha value is -0.0900. The predicted octanol–water partition coefficient (Wildman–Crippen LogP) is 1.39. The SMILES string of the molecule is NC[C@@H](O)c1csc(Cl)c1. The fourth-order valence-electron chi connectivity index (χ4n) is 0.634. The zero-order valence-corrected chi connectivity index (χ0v) is 6.82. The molecule has 0 saturated carbocycles. The highest BCUT2D eigenvalue weighted by atomic mass is 35.5. The molecule has 0 unspecified atom stereocenters. The predicted molar refractivity (Wildman–Crippen MR) is 43.3 cm³/mol. The first kappa shape index (κ1) is 8.01. The van der Waals surface area contributed by atoms with Crippen molar-refractivity contribution in [3.05, 3.63) is 21.3 Å². The Balaban J connectivity index is 2.74. The number of aliphatic hydroxyl groups is 1. The van der Waals surface area contributed by atoms with Crippen molar-refractivity contribution in [2.24, 2.45) is 5.73 Å². The third-order valence-corrected chi connectivity index (χ3v) is 2.31. The van der Waals surface area contributed by atoms with E-state index >= 15 is 0 Å². The molecular weight excluding hydrogens is 170 g/mol. The van der Waals surface area contributed by atoms with Crippen molar-refractivity contribution in [2.75, 3.05) is 6.54 Å². The number of hydrogen-bond acceptors (Lipinski definition) is 3. The summed E-state index contributed by atoms with van der Waals surface area (Å²) in [4.78, 5) is 0. The van der Waals surface area contributed by atoms with Gasteiger partial charge < -0.3 is 10.8 Å². The second-order valence-corrected chi connectivity index (χ2v) is 3.48. The van der Waals surface area contributed by atoms with Crippen LogP contribution in [0.5, 0.6) is 0 Å². The minimum absolute atomic E-state index is 0.243. The van der Waals surface area contributed by atoms with E-state index < -0.39 is 6.10 Å². The third-order valence-electron chi connectivity index (χ3n) is 1.20. The first-order valence-electron chi connectivity index (χ1n) is 2.86. The molecule has 0 radical (unpaired) electrons. The molecule has 1 atom stereocenters. The zero-order valence-electron chi connectivity index (χ0n) is 5.25. The van der Waals surface area contributed by atoms with Crippen molar-refractivity contribution in [1.29, 1.82) is 0 Å². The second kappa shape index (κ2) is 3.34. The molecule has 0 aliphatic heterocycles. The maximum absolute atomic E-state index is 9.17. The standard InChI is InChI=1S/C6H8ClNOS/c7-6-1-4(3-10-6)5(9)2-8/h1,3,5,9H,2,8H2/t5-/m1/s1. The molecule has 0 aliphatic carbocycles. The van der Waals surface area contributed by atoms with Crippen molar-refractivity contribution >= 4 is 22.9 Å². The number of halogens is 1. The quantitative estimate of drug-likeness (QED) is 0.718. The molecular formula is C6H8ClNOS. The summed E-state index contributed by atoms with van der Waals surface area (Å²) < 4.78 is 0.683. The van der Waals surface area contributed by atoms with Gasteiger partial charge in [-0.25, -0.2) is 0 Å². The van der Waals surface area contributed by atoms with Crippen molar-refractivity contribution in [3.63, 3.8) is 0 Å². The van der Waals surface area contributed by atoms with Gasteiger partial charge in [0.1, 0.15) is 0 Å². The Kier molecular flexibility index (Phi) is 2.68. The van der Waals surface area contributed by atoms with Crippen molar-refractivity contribution in [3.8, 4) is 0 Å². The van der Waals surface area contributed by atoms with Crippen molar-refractivity contribution in [2.45, 2.75) is 6.10 Å². The fourth-order valence-corrected chi connectivity index (χ4v) is 1.57. The largest absolute Gasteiger partial charge is 0.387 e. The van der Waals surface area contributed by atoms with Gasteiger partial charge in [0.2, 0.25) is 0 Å². The molecule has 0 aliphatic rings. The highest BCUT2D eigenvalue weighted by Crippen LogP contribution is 2.23. The van der Waals surface area contributed by atoms with Gasteiger partial charge >= 0.3 is 0 Å². The van der Waals surface area contributed by atoms with E-state index in [2.05, 4.69) is 0 Å². The first-order chi connectivity index (χ1) is 4.74. The van der Waals surface area contributed by atoms with Gasteiger partial charge in [-0.1, -0.05) is 11.6 Å². The highest BCUT2D eigenvalue weighted by Gasteiger charge is 2.05. The van der Waals surface area contributed by atoms with Crippen LogP contribution in [0.15, 0.2) is 11.4 Å². The van der Waals surface area contributed by atoms with Gasteiger partial charge in [0.15, 0.2) is 0 Å². The maximum atomic E-state index is 9.17. The van der Waals surface area contributed by atoms with Gasteiger partial charge in [-0.05, 0) is 17.0 Å². The van der Waals surface area contributed by atoms with E-state index in [1.807, 2.05) is 0 Å². The van der Waals surface area contributed by atoms with E-state index in [1.54, 1.807) is 11.4 Å². The number of nitrogens with two attached hydrogens (primary N) is 1. The van der Waals surface area contributed by atoms with Crippen LogP contribution >= 0.6 is 22.9 Å². The van der Waals surface area contributed by atoms with E-state index in [0.717, 1.165) is 5.56 Å². The smallest absolute Gasteiger partial charge is 0.0932 e. The molecule has 0 fully saturated rings. The molecule has 56 valence electrons. The lowest BCUT2D eigenvalue weighted by molar-refractivity contribution is 0.187. The average Bonchev–Trinajstić information content (AvgIpc) is 2.34. The van der Waals surface area contributed by atoms with Crippen LogP contribution in [0.25, 0.3) is 0 Å². The van der Waals surface area contributed by atoms with E-state index in [0.29, 0.717) is 4.34 Å². The second-order valence-electron chi connectivity index (χ2n) is 1.94. The molecule has 4 heteroatoms. The summed E-state index contributed by atoms with van der Waals surface area (Å²) in [5, 5.41) is 11.0. The lowest BCUT2D eigenvalue weighted by atomic mass is 10.2. The van der Waals surface area contributed by atoms with E-state index in [9.17, 15) is 0 Å². The molecule has 0 amide bonds. The molecule has 1 aromatic heterocycles. The molecule has 10 heavy (non-hydrogen) atoms. The third kappa shape index (κ3) is 1.70. The van der Waals surface area contributed by atoms with Crippen LogP contribution in [0.4, 0.5) is 0 Å². The van der Waals surface area contributed by atoms with Gasteiger partial charge in [-0.15, -0.1) is 11.3 Å². The Morgan fingerprint density at radius 2 is 2.50 bits per heavy atom. The van der Waals surface area contributed by atoms with Gasteiger partial charge in [0.05, 0.1) is 10.4 Å². The Bertz CT molecular complexity index is 213. The van der Waals surface area contributed by atoms with Gasteiger partial charge in [-0.3, -0.25) is 0 Å². The molecule has 0 spiro atoms. The molecule has 2 nitrogen and oxygen atoms in total. The first-order valence-corrected chi connectivity index (χ1v) is 4.12. The van der Waals surface area contributed by atoms with Crippen LogP contribution in [0.3, 0.4) is 0 Å². The summed E-state index contributed by atoms with van der Waals surface area (Å²) in [6, 6.07) is 1.73. The van der Waals surface area contributed by atoms with Crippen LogP contribution in [0, 0.1) is 0 Å². The normalized spacial score (nSPS) is 13.5. The summed E-state index contributed by atoms with van der Waals surface area (Å²) in [7, 11) is 0. The van der Waals surface area contributed by atoms with Crippen LogP contribution in [-0.2, 0) is 0 Å². The lowest BCUT2D eigenvalue weighted by Crippen LogP contribution is -2.10. The molecule has 1 rings (SSSR count). The van der Waals surface area contributed by atoms with Gasteiger partial charge in [0.25, 0.3) is 0 Å². The minimum atomic E-state index is -0.566. The topological polar surface area (TPSA) is 46.2 Å². The Labute approximate surface area is 68.2 Å². The number of hydrogen-bond donors (Lipinski definition) is 2. The van der Waals surface area contributed by atoms with Crippen molar-refractivity contribution in [1.82, 2.24) is 0 Å². The molecule has 1 heterocycles. The molecule has 1 aromatic rings. The number of thiophene rings is 1. The van der Waals surface area contributed by atoms with Crippen LogP contribution in [-0.4, -0.2) is 11.7 Å². The molecule has 3 N–H and O–H groups in total. The minimum Gasteiger partial charge on any atom is -0.387 e. The molecule has 0 bridgehead atoms. The van der Waals surface area contributed by atoms with Crippen molar-refractivity contribution < 1.29 is 5.11 Å². The van der Waals surface area contributed by atoms with E-state index in [-0.39, 0.29) is 6.54 Å². The maximum Gasteiger partial charge on any atom is 0.0932 e. The van der Waals surface area contributed by atoms with Crippen LogP contribution in [0.1, 0.15) is 11.7 Å². The summed E-state index contributed by atoms with van der Waals surface area (Å²) in [6.07, 6.45) is -0.566.